The largest absolute Gasteiger partial charge is 0.381 e. The number of ether oxygens (including phenoxy) is 1. The molecule has 0 spiro atoms. The number of piperidine rings is 1. The van der Waals surface area contributed by atoms with Crippen LogP contribution in [-0.2, 0) is 14.3 Å². The van der Waals surface area contributed by atoms with Crippen LogP contribution in [0.5, 0.6) is 0 Å². The van der Waals surface area contributed by atoms with Gasteiger partial charge in [0.2, 0.25) is 11.8 Å². The number of likely N-dealkylation sites (tertiary alicyclic amines) is 1. The molecular weight excluding hydrogens is 418 g/mol. The van der Waals surface area contributed by atoms with Gasteiger partial charge < -0.3 is 15.0 Å². The molecule has 3 fully saturated rings. The minimum atomic E-state index is -0.711. The average molecular weight is 446 g/mol. The minimum Gasteiger partial charge on any atom is -0.381 e. The van der Waals surface area contributed by atoms with Gasteiger partial charge in [0.05, 0.1) is 19.3 Å². The van der Waals surface area contributed by atoms with Crippen molar-refractivity contribution in [2.45, 2.75) is 50.9 Å². The van der Waals surface area contributed by atoms with Gasteiger partial charge in [0.15, 0.2) is 0 Å². The van der Waals surface area contributed by atoms with Gasteiger partial charge in [0, 0.05) is 36.7 Å². The molecule has 32 heavy (non-hydrogen) atoms. The number of hydrogen-bond acceptors (Lipinski definition) is 5. The number of likely N-dealkylation sites (N-methyl/N-ethyl adjacent to an activating group) is 1. The molecule has 1 aromatic carbocycles. The van der Waals surface area contributed by atoms with Crippen LogP contribution in [-0.4, -0.2) is 66.3 Å². The number of nitrogens with one attached hydrogen (secondary N) is 1. The predicted molar refractivity (Wildman–Crippen MR) is 113 cm³/mol. The van der Waals surface area contributed by atoms with E-state index in [0.29, 0.717) is 25.6 Å². The van der Waals surface area contributed by atoms with Gasteiger partial charge in [-0.25, -0.2) is 8.78 Å². The van der Waals surface area contributed by atoms with E-state index in [9.17, 15) is 18.4 Å². The Kier molecular flexibility index (Phi) is 5.19. The van der Waals surface area contributed by atoms with E-state index in [0.717, 1.165) is 18.6 Å². The lowest BCUT2D eigenvalue weighted by Gasteiger charge is -2.37. The summed E-state index contributed by atoms with van der Waals surface area (Å²) in [5.41, 5.74) is 0.333. The van der Waals surface area contributed by atoms with E-state index in [4.69, 9.17) is 4.74 Å². The van der Waals surface area contributed by atoms with E-state index in [1.165, 1.54) is 6.92 Å². The zero-order valence-corrected chi connectivity index (χ0v) is 18.4. The van der Waals surface area contributed by atoms with Crippen molar-refractivity contribution in [3.63, 3.8) is 0 Å². The second-order valence-corrected chi connectivity index (χ2v) is 9.61. The fourth-order valence-electron chi connectivity index (χ4n) is 5.29. The highest BCUT2D eigenvalue weighted by atomic mass is 19.1. The van der Waals surface area contributed by atoms with Gasteiger partial charge in [0.25, 0.3) is 0 Å². The second kappa shape index (κ2) is 7.79. The van der Waals surface area contributed by atoms with Crippen LogP contribution in [0.3, 0.4) is 0 Å². The molecule has 172 valence electrons. The van der Waals surface area contributed by atoms with E-state index in [1.807, 2.05) is 6.92 Å². The minimum absolute atomic E-state index is 0.0430. The van der Waals surface area contributed by atoms with Crippen molar-refractivity contribution in [3.8, 4) is 0 Å². The van der Waals surface area contributed by atoms with E-state index >= 15 is 0 Å². The lowest BCUT2D eigenvalue weighted by Crippen LogP contribution is -2.55. The number of hydrazone groups is 1. The molecule has 0 aromatic heterocycles. The average Bonchev–Trinajstić information content (AvgIpc) is 3.23. The van der Waals surface area contributed by atoms with Crippen molar-refractivity contribution >= 4 is 18.0 Å². The fourth-order valence-corrected chi connectivity index (χ4v) is 5.29. The highest BCUT2D eigenvalue weighted by molar-refractivity contribution is 5.93. The van der Waals surface area contributed by atoms with E-state index < -0.39 is 29.8 Å². The monoisotopic (exact) mass is 446 g/mol. The summed E-state index contributed by atoms with van der Waals surface area (Å²) in [6.07, 6.45) is 3.24. The van der Waals surface area contributed by atoms with Gasteiger partial charge in [-0.2, -0.15) is 5.10 Å². The van der Waals surface area contributed by atoms with Crippen molar-refractivity contribution in [1.29, 1.82) is 0 Å². The van der Waals surface area contributed by atoms with Crippen LogP contribution < -0.4 is 5.32 Å². The van der Waals surface area contributed by atoms with E-state index in [-0.39, 0.29) is 40.8 Å². The Morgan fingerprint density at radius 1 is 1.22 bits per heavy atom. The summed E-state index contributed by atoms with van der Waals surface area (Å²) in [5, 5.41) is 8.81. The molecule has 2 amide bonds. The highest BCUT2D eigenvalue weighted by Crippen LogP contribution is 2.49. The first-order valence-corrected chi connectivity index (χ1v) is 11.2. The van der Waals surface area contributed by atoms with Crippen LogP contribution in [0.2, 0.25) is 0 Å². The number of nitrogens with zero attached hydrogens (tertiary/aromatic N) is 3. The maximum absolute atomic E-state index is 14.8. The van der Waals surface area contributed by atoms with Crippen LogP contribution >= 0.6 is 0 Å². The van der Waals surface area contributed by atoms with Crippen molar-refractivity contribution in [3.05, 3.63) is 34.9 Å². The summed E-state index contributed by atoms with van der Waals surface area (Å²) in [7, 11) is 1.76. The van der Waals surface area contributed by atoms with E-state index in [2.05, 4.69) is 10.4 Å². The maximum Gasteiger partial charge on any atom is 0.248 e. The van der Waals surface area contributed by atoms with Crippen LogP contribution in [0.25, 0.3) is 0 Å². The predicted octanol–water partition coefficient (Wildman–Crippen LogP) is 2.00. The standard InChI is InChI=1S/C23H28F2N4O3/c1-11-4-17(25)15(7-16(11)24)20(14-9-32-10-14)27-22(30)19-6-13-5-18(13)29(19)23(31)21-12(2)8-26-28(21)3/h4,7-8,12-14,18-21H,5-6,9-10H2,1-3H3,(H,27,30)/t12?,13-,18-,19-,20-,21?/m1/s1. The summed E-state index contributed by atoms with van der Waals surface area (Å²) in [4.78, 5) is 28.5. The maximum atomic E-state index is 14.8. The van der Waals surface area contributed by atoms with Crippen LogP contribution in [0.15, 0.2) is 17.2 Å². The van der Waals surface area contributed by atoms with Gasteiger partial charge >= 0.3 is 0 Å². The van der Waals surface area contributed by atoms with Crippen LogP contribution in [0.1, 0.15) is 36.9 Å². The molecule has 0 bridgehead atoms. The Morgan fingerprint density at radius 2 is 1.97 bits per heavy atom. The van der Waals surface area contributed by atoms with Crippen molar-refractivity contribution in [2.24, 2.45) is 22.9 Å². The number of carbonyl (C=O) groups excluding carboxylic acids is 2. The number of benzene rings is 1. The molecular formula is C23H28F2N4O3. The number of carbonyl (C=O) groups is 2. The lowest BCUT2D eigenvalue weighted by atomic mass is 9.90. The SMILES string of the molecule is Cc1cc(F)c([C@H](NC(=O)[C@H]2C[C@H]3C[C@H]3N2C(=O)C2C(C)C=NN2C)C2COC2)cc1F. The normalized spacial score (nSPS) is 32.0. The van der Waals surface area contributed by atoms with Crippen LogP contribution in [0.4, 0.5) is 8.78 Å². The molecule has 6 atom stereocenters. The first-order valence-electron chi connectivity index (χ1n) is 11.2. The third-order valence-corrected chi connectivity index (χ3v) is 7.35. The Hall–Kier alpha value is -2.55. The third-order valence-electron chi connectivity index (χ3n) is 7.35. The van der Waals surface area contributed by atoms with Crippen molar-refractivity contribution in [2.75, 3.05) is 20.3 Å². The first kappa shape index (κ1) is 21.3. The lowest BCUT2D eigenvalue weighted by molar-refractivity contribution is -0.145. The Balaban J connectivity index is 1.38. The van der Waals surface area contributed by atoms with Gasteiger partial charge in [-0.1, -0.05) is 6.92 Å². The molecule has 9 heteroatoms. The summed E-state index contributed by atoms with van der Waals surface area (Å²) < 4.78 is 34.2. The fraction of sp³-hybridized carbons (Fsp3) is 0.609. The summed E-state index contributed by atoms with van der Waals surface area (Å²) in [6, 6.07) is 0.630. The van der Waals surface area contributed by atoms with Gasteiger partial charge in [-0.05, 0) is 43.4 Å². The molecule has 3 heterocycles. The smallest absolute Gasteiger partial charge is 0.248 e. The molecule has 2 saturated heterocycles. The molecule has 7 nitrogen and oxygen atoms in total. The molecule has 1 aliphatic carbocycles. The highest BCUT2D eigenvalue weighted by Gasteiger charge is 2.58. The van der Waals surface area contributed by atoms with E-state index in [1.54, 1.807) is 23.2 Å². The van der Waals surface area contributed by atoms with Gasteiger partial charge in [-0.3, -0.25) is 14.6 Å². The molecule has 2 unspecified atom stereocenters. The number of hydrogen-bond donors (Lipinski definition) is 1. The molecule has 1 saturated carbocycles. The summed E-state index contributed by atoms with van der Waals surface area (Å²) >= 11 is 0. The van der Waals surface area contributed by atoms with Crippen LogP contribution in [0, 0.1) is 36.3 Å². The Morgan fingerprint density at radius 3 is 2.59 bits per heavy atom. The number of fused-ring (bicyclic) bond motifs is 1. The zero-order chi connectivity index (χ0) is 22.7. The first-order chi connectivity index (χ1) is 15.3. The van der Waals surface area contributed by atoms with Gasteiger partial charge in [0.1, 0.15) is 23.7 Å². The number of aryl methyl sites for hydroxylation is 1. The molecule has 5 rings (SSSR count). The molecule has 3 aliphatic heterocycles. The zero-order valence-electron chi connectivity index (χ0n) is 18.4. The Bertz CT molecular complexity index is 970. The summed E-state index contributed by atoms with van der Waals surface area (Å²) in [5.74, 6) is -1.36. The second-order valence-electron chi connectivity index (χ2n) is 9.61. The molecule has 4 aliphatic rings. The summed E-state index contributed by atoms with van der Waals surface area (Å²) in [6.45, 7) is 4.16. The number of amides is 2. The van der Waals surface area contributed by atoms with Crippen molar-refractivity contribution in [1.82, 2.24) is 15.2 Å². The Labute approximate surface area is 185 Å². The topological polar surface area (TPSA) is 74.2 Å². The molecule has 1 aromatic rings. The molecule has 0 radical (unpaired) electrons. The number of rotatable bonds is 5. The third kappa shape index (κ3) is 3.46. The quantitative estimate of drug-likeness (QED) is 0.751. The van der Waals surface area contributed by atoms with Crippen molar-refractivity contribution < 1.29 is 23.1 Å². The number of halogens is 2. The molecule has 1 N–H and O–H groups in total. The van der Waals surface area contributed by atoms with Gasteiger partial charge in [-0.15, -0.1) is 0 Å².